The van der Waals surface area contributed by atoms with E-state index in [1.54, 1.807) is 0 Å². The molecule has 0 aliphatic rings. The van der Waals surface area contributed by atoms with Crippen molar-refractivity contribution in [2.45, 2.75) is 45.6 Å². The second-order valence-electron chi connectivity index (χ2n) is 4.18. The minimum atomic E-state index is -1.15. The second-order valence-corrected chi connectivity index (χ2v) is 4.18. The third-order valence-corrected chi connectivity index (χ3v) is 2.54. The summed E-state index contributed by atoms with van der Waals surface area (Å²) in [6.07, 6.45) is 1.11. The number of amides is 2. The quantitative estimate of drug-likeness (QED) is 0.568. The first-order valence-electron chi connectivity index (χ1n) is 5.67. The van der Waals surface area contributed by atoms with E-state index in [-0.39, 0.29) is 31.1 Å². The van der Waals surface area contributed by atoms with Crippen LogP contribution in [0, 0.1) is 5.92 Å². The second kappa shape index (κ2) is 7.65. The van der Waals surface area contributed by atoms with Gasteiger partial charge in [-0.15, -0.1) is 0 Å². The Morgan fingerprint density at radius 2 is 1.94 bits per heavy atom. The maximum atomic E-state index is 11.5. The van der Waals surface area contributed by atoms with E-state index >= 15 is 0 Å². The van der Waals surface area contributed by atoms with Crippen molar-refractivity contribution < 1.29 is 19.5 Å². The summed E-state index contributed by atoms with van der Waals surface area (Å²) in [4.78, 5) is 32.9. The summed E-state index contributed by atoms with van der Waals surface area (Å²) in [6, 6.07) is -1.04. The van der Waals surface area contributed by atoms with E-state index in [1.807, 2.05) is 13.8 Å². The van der Waals surface area contributed by atoms with Gasteiger partial charge in [0.05, 0.1) is 0 Å². The van der Waals surface area contributed by atoms with E-state index in [1.165, 1.54) is 0 Å². The van der Waals surface area contributed by atoms with Gasteiger partial charge in [-0.3, -0.25) is 9.59 Å². The van der Waals surface area contributed by atoms with Crippen LogP contribution >= 0.6 is 0 Å². The minimum absolute atomic E-state index is 0.0247. The van der Waals surface area contributed by atoms with Gasteiger partial charge in [0.1, 0.15) is 6.04 Å². The van der Waals surface area contributed by atoms with Gasteiger partial charge in [0.15, 0.2) is 0 Å². The molecule has 17 heavy (non-hydrogen) atoms. The molecule has 0 saturated carbocycles. The van der Waals surface area contributed by atoms with E-state index < -0.39 is 17.9 Å². The average Bonchev–Trinajstić information content (AvgIpc) is 2.23. The van der Waals surface area contributed by atoms with Gasteiger partial charge in [-0.2, -0.15) is 0 Å². The van der Waals surface area contributed by atoms with Gasteiger partial charge in [0.2, 0.25) is 11.8 Å². The Kier molecular flexibility index (Phi) is 6.93. The minimum Gasteiger partial charge on any atom is -0.480 e. The van der Waals surface area contributed by atoms with Crippen LogP contribution in [-0.4, -0.2) is 28.9 Å². The molecule has 0 saturated heterocycles. The molecule has 2 atom stereocenters. The number of nitrogens with two attached hydrogens (primary N) is 1. The molecule has 0 aliphatic carbocycles. The van der Waals surface area contributed by atoms with Crippen molar-refractivity contribution >= 4 is 17.8 Å². The summed E-state index contributed by atoms with van der Waals surface area (Å²) in [6.45, 7) is 3.87. The average molecular weight is 244 g/mol. The SMILES string of the molecule is CCC(C)CC(=O)NC(CCC(N)=O)C(=O)O. The Balaban J connectivity index is 4.20. The van der Waals surface area contributed by atoms with Crippen molar-refractivity contribution in [2.24, 2.45) is 11.7 Å². The van der Waals surface area contributed by atoms with Crippen LogP contribution in [0.1, 0.15) is 39.5 Å². The monoisotopic (exact) mass is 244 g/mol. The molecule has 0 aromatic heterocycles. The topological polar surface area (TPSA) is 109 Å². The molecule has 0 spiro atoms. The number of hydrogen-bond donors (Lipinski definition) is 3. The zero-order chi connectivity index (χ0) is 13.4. The maximum absolute atomic E-state index is 11.5. The number of nitrogens with one attached hydrogen (secondary N) is 1. The summed E-state index contributed by atoms with van der Waals surface area (Å²) in [7, 11) is 0. The van der Waals surface area contributed by atoms with Gasteiger partial charge in [0.25, 0.3) is 0 Å². The number of hydrogen-bond acceptors (Lipinski definition) is 3. The molecule has 0 heterocycles. The highest BCUT2D eigenvalue weighted by Gasteiger charge is 2.20. The smallest absolute Gasteiger partial charge is 0.326 e. The Morgan fingerprint density at radius 3 is 2.35 bits per heavy atom. The first kappa shape index (κ1) is 15.4. The van der Waals surface area contributed by atoms with Crippen molar-refractivity contribution in [3.8, 4) is 0 Å². The third-order valence-electron chi connectivity index (χ3n) is 2.54. The van der Waals surface area contributed by atoms with Crippen molar-refractivity contribution in [3.05, 3.63) is 0 Å². The fourth-order valence-corrected chi connectivity index (χ4v) is 1.26. The standard InChI is InChI=1S/C11H20N2O4/c1-3-7(2)6-10(15)13-8(11(16)17)4-5-9(12)14/h7-8H,3-6H2,1-2H3,(H2,12,14)(H,13,15)(H,16,17). The van der Waals surface area contributed by atoms with Crippen LogP contribution in [0.25, 0.3) is 0 Å². The summed E-state index contributed by atoms with van der Waals surface area (Å²) in [5.41, 5.74) is 4.93. The highest BCUT2D eigenvalue weighted by molar-refractivity contribution is 5.84. The zero-order valence-corrected chi connectivity index (χ0v) is 10.2. The van der Waals surface area contributed by atoms with Crippen LogP contribution in [0.2, 0.25) is 0 Å². The van der Waals surface area contributed by atoms with Crippen molar-refractivity contribution in [1.29, 1.82) is 0 Å². The van der Waals surface area contributed by atoms with E-state index in [0.29, 0.717) is 0 Å². The molecule has 2 amide bonds. The molecule has 0 aromatic rings. The molecule has 0 rings (SSSR count). The van der Waals surface area contributed by atoms with Gasteiger partial charge in [-0.1, -0.05) is 20.3 Å². The molecular formula is C11H20N2O4. The molecular weight excluding hydrogens is 224 g/mol. The fraction of sp³-hybridized carbons (Fsp3) is 0.727. The molecule has 6 nitrogen and oxygen atoms in total. The lowest BCUT2D eigenvalue weighted by Crippen LogP contribution is -2.41. The number of carbonyl (C=O) groups excluding carboxylic acids is 2. The predicted octanol–water partition coefficient (Wildman–Crippen LogP) is 0.258. The van der Waals surface area contributed by atoms with E-state index in [2.05, 4.69) is 5.32 Å². The van der Waals surface area contributed by atoms with Crippen LogP contribution in [0.3, 0.4) is 0 Å². The first-order chi connectivity index (χ1) is 7.86. The molecule has 4 N–H and O–H groups in total. The third kappa shape index (κ3) is 7.32. The van der Waals surface area contributed by atoms with E-state index in [4.69, 9.17) is 10.8 Å². The molecule has 6 heteroatoms. The molecule has 0 fully saturated rings. The van der Waals surface area contributed by atoms with Gasteiger partial charge in [0, 0.05) is 12.8 Å². The van der Waals surface area contributed by atoms with Crippen molar-refractivity contribution in [1.82, 2.24) is 5.32 Å². The van der Waals surface area contributed by atoms with Crippen LogP contribution in [0.5, 0.6) is 0 Å². The number of carbonyl (C=O) groups is 3. The van der Waals surface area contributed by atoms with Crippen LogP contribution < -0.4 is 11.1 Å². The Bertz CT molecular complexity index is 291. The normalized spacial score (nSPS) is 13.8. The van der Waals surface area contributed by atoms with Gasteiger partial charge < -0.3 is 16.2 Å². The lowest BCUT2D eigenvalue weighted by molar-refractivity contribution is -0.142. The number of rotatable bonds is 8. The Morgan fingerprint density at radius 1 is 1.35 bits per heavy atom. The molecule has 2 unspecified atom stereocenters. The molecule has 0 radical (unpaired) electrons. The van der Waals surface area contributed by atoms with Crippen LogP contribution in [0.4, 0.5) is 0 Å². The number of aliphatic carboxylic acids is 1. The zero-order valence-electron chi connectivity index (χ0n) is 10.2. The summed E-state index contributed by atoms with van der Waals surface area (Å²) >= 11 is 0. The number of carboxylic acids is 1. The Labute approximate surface area is 101 Å². The lowest BCUT2D eigenvalue weighted by atomic mass is 10.0. The molecule has 98 valence electrons. The van der Waals surface area contributed by atoms with E-state index in [0.717, 1.165) is 6.42 Å². The van der Waals surface area contributed by atoms with Crippen molar-refractivity contribution in [3.63, 3.8) is 0 Å². The molecule has 0 aromatic carbocycles. The van der Waals surface area contributed by atoms with Gasteiger partial charge in [-0.25, -0.2) is 4.79 Å². The summed E-state index contributed by atoms with van der Waals surface area (Å²) < 4.78 is 0. The lowest BCUT2D eigenvalue weighted by Gasteiger charge is -2.15. The fourth-order valence-electron chi connectivity index (χ4n) is 1.26. The van der Waals surface area contributed by atoms with Crippen molar-refractivity contribution in [2.75, 3.05) is 0 Å². The summed E-state index contributed by atoms with van der Waals surface area (Å²) in [5, 5.41) is 11.3. The Hall–Kier alpha value is -1.59. The first-order valence-corrected chi connectivity index (χ1v) is 5.67. The van der Waals surface area contributed by atoms with Gasteiger partial charge in [-0.05, 0) is 12.3 Å². The van der Waals surface area contributed by atoms with Crippen LogP contribution in [-0.2, 0) is 14.4 Å². The molecule has 0 aliphatic heterocycles. The highest BCUT2D eigenvalue weighted by Crippen LogP contribution is 2.07. The molecule has 0 bridgehead atoms. The van der Waals surface area contributed by atoms with Gasteiger partial charge >= 0.3 is 5.97 Å². The number of primary amides is 1. The van der Waals surface area contributed by atoms with Crippen LogP contribution in [0.15, 0.2) is 0 Å². The summed E-state index contributed by atoms with van der Waals surface area (Å²) in [5.74, 6) is -1.83. The van der Waals surface area contributed by atoms with E-state index in [9.17, 15) is 14.4 Å². The largest absolute Gasteiger partial charge is 0.480 e. The highest BCUT2D eigenvalue weighted by atomic mass is 16.4. The number of carboxylic acid groups (broad SMARTS) is 1. The maximum Gasteiger partial charge on any atom is 0.326 e. The predicted molar refractivity (Wildman–Crippen MR) is 62.1 cm³/mol.